The van der Waals surface area contributed by atoms with Crippen molar-refractivity contribution in [3.8, 4) is 5.75 Å². The van der Waals surface area contributed by atoms with Gasteiger partial charge in [0.05, 0.1) is 0 Å². The first-order valence-corrected chi connectivity index (χ1v) is 7.43. The van der Waals surface area contributed by atoms with Gasteiger partial charge in [-0.25, -0.2) is 0 Å². The zero-order chi connectivity index (χ0) is 13.5. The van der Waals surface area contributed by atoms with E-state index < -0.39 is 0 Å². The van der Waals surface area contributed by atoms with Crippen LogP contribution in [0.2, 0.25) is 0 Å². The molecule has 0 saturated heterocycles. The van der Waals surface area contributed by atoms with Crippen LogP contribution in [0.3, 0.4) is 0 Å². The second-order valence-corrected chi connectivity index (χ2v) is 6.20. The van der Waals surface area contributed by atoms with Crippen molar-refractivity contribution in [1.29, 1.82) is 0 Å². The van der Waals surface area contributed by atoms with E-state index in [2.05, 4.69) is 55.0 Å². The van der Waals surface area contributed by atoms with E-state index in [1.54, 1.807) is 0 Å². The number of ether oxygens (including phenoxy) is 1. The highest BCUT2D eigenvalue weighted by atomic mass is 79.9. The maximum absolute atomic E-state index is 5.85. The molecule has 18 heavy (non-hydrogen) atoms. The molecule has 0 aliphatic rings. The van der Waals surface area contributed by atoms with E-state index in [9.17, 15) is 0 Å². The van der Waals surface area contributed by atoms with E-state index >= 15 is 0 Å². The number of halogens is 1. The fourth-order valence-electron chi connectivity index (χ4n) is 1.73. The summed E-state index contributed by atoms with van der Waals surface area (Å²) in [4.78, 5) is 0. The first-order chi connectivity index (χ1) is 8.50. The molecule has 0 amide bonds. The fraction of sp³-hybridized carbons (Fsp3) is 0.600. The van der Waals surface area contributed by atoms with Crippen molar-refractivity contribution in [3.63, 3.8) is 0 Å². The predicted octanol–water partition coefficient (Wildman–Crippen LogP) is 4.20. The topological polar surface area (TPSA) is 21.3 Å². The summed E-state index contributed by atoms with van der Waals surface area (Å²) in [5, 5.41) is 3.38. The lowest BCUT2D eigenvalue weighted by molar-refractivity contribution is 0.307. The minimum atomic E-state index is 0.473. The molecule has 0 fully saturated rings. The first kappa shape index (κ1) is 15.5. The van der Waals surface area contributed by atoms with E-state index in [4.69, 9.17) is 4.74 Å². The molecule has 3 heteroatoms. The molecule has 1 aromatic carbocycles. The molecule has 0 saturated carbocycles. The third kappa shape index (κ3) is 5.40. The summed E-state index contributed by atoms with van der Waals surface area (Å²) in [6.07, 6.45) is 0. The van der Waals surface area contributed by atoms with Crippen LogP contribution < -0.4 is 10.1 Å². The SMILES string of the molecule is CC(C)CNCCOc1ccc(Br)cc1C(C)C. The van der Waals surface area contributed by atoms with E-state index in [1.165, 1.54) is 5.56 Å². The highest BCUT2D eigenvalue weighted by molar-refractivity contribution is 9.10. The normalized spacial score (nSPS) is 11.3. The van der Waals surface area contributed by atoms with Crippen LogP contribution in [0.4, 0.5) is 0 Å². The zero-order valence-corrected chi connectivity index (χ0v) is 13.4. The lowest BCUT2D eigenvalue weighted by Gasteiger charge is -2.15. The Kier molecular flexibility index (Phi) is 6.72. The van der Waals surface area contributed by atoms with Gasteiger partial charge in [0.2, 0.25) is 0 Å². The average Bonchev–Trinajstić information content (AvgIpc) is 2.29. The van der Waals surface area contributed by atoms with Crippen LogP contribution in [0.1, 0.15) is 39.2 Å². The van der Waals surface area contributed by atoms with Crippen LogP contribution >= 0.6 is 15.9 Å². The number of nitrogens with one attached hydrogen (secondary N) is 1. The molecule has 0 aliphatic heterocycles. The molecular formula is C15H24BrNO. The predicted molar refractivity (Wildman–Crippen MR) is 81.4 cm³/mol. The van der Waals surface area contributed by atoms with E-state index in [-0.39, 0.29) is 0 Å². The third-order valence-electron chi connectivity index (χ3n) is 2.68. The Morgan fingerprint density at radius 2 is 1.94 bits per heavy atom. The van der Waals surface area contributed by atoms with Gasteiger partial charge in [0.15, 0.2) is 0 Å². The van der Waals surface area contributed by atoms with Gasteiger partial charge >= 0.3 is 0 Å². The lowest BCUT2D eigenvalue weighted by atomic mass is 10.0. The third-order valence-corrected chi connectivity index (χ3v) is 3.18. The minimum absolute atomic E-state index is 0.473. The second kappa shape index (κ2) is 7.80. The molecule has 1 aromatic rings. The van der Waals surface area contributed by atoms with Crippen LogP contribution in [-0.4, -0.2) is 19.7 Å². The summed E-state index contributed by atoms with van der Waals surface area (Å²) in [5.41, 5.74) is 1.26. The Morgan fingerprint density at radius 3 is 2.56 bits per heavy atom. The smallest absolute Gasteiger partial charge is 0.122 e. The van der Waals surface area contributed by atoms with Crippen molar-refractivity contribution in [2.75, 3.05) is 19.7 Å². The number of rotatable bonds is 7. The monoisotopic (exact) mass is 313 g/mol. The summed E-state index contributed by atoms with van der Waals surface area (Å²) in [5.74, 6) is 2.16. The Hall–Kier alpha value is -0.540. The van der Waals surface area contributed by atoms with Gasteiger partial charge in [0, 0.05) is 11.0 Å². The van der Waals surface area contributed by atoms with Crippen molar-refractivity contribution in [3.05, 3.63) is 28.2 Å². The van der Waals surface area contributed by atoms with Gasteiger partial charge in [-0.1, -0.05) is 43.6 Å². The van der Waals surface area contributed by atoms with Crippen LogP contribution in [0.15, 0.2) is 22.7 Å². The van der Waals surface area contributed by atoms with Gasteiger partial charge in [0.25, 0.3) is 0 Å². The van der Waals surface area contributed by atoms with Gasteiger partial charge < -0.3 is 10.1 Å². The molecule has 1 rings (SSSR count). The van der Waals surface area contributed by atoms with Crippen LogP contribution in [0.25, 0.3) is 0 Å². The van der Waals surface area contributed by atoms with E-state index in [0.29, 0.717) is 18.4 Å². The average molecular weight is 314 g/mol. The van der Waals surface area contributed by atoms with E-state index in [0.717, 1.165) is 23.3 Å². The summed E-state index contributed by atoms with van der Waals surface area (Å²) in [6.45, 7) is 11.4. The molecule has 0 atom stereocenters. The van der Waals surface area contributed by atoms with Crippen LogP contribution in [-0.2, 0) is 0 Å². The summed E-state index contributed by atoms with van der Waals surface area (Å²) in [7, 11) is 0. The van der Waals surface area contributed by atoms with Crippen molar-refractivity contribution < 1.29 is 4.74 Å². The molecule has 2 nitrogen and oxygen atoms in total. The van der Waals surface area contributed by atoms with Crippen molar-refractivity contribution >= 4 is 15.9 Å². The fourth-order valence-corrected chi connectivity index (χ4v) is 2.10. The van der Waals surface area contributed by atoms with Gasteiger partial charge in [0.1, 0.15) is 12.4 Å². The molecule has 0 bridgehead atoms. The Bertz CT molecular complexity index is 364. The number of hydrogen-bond acceptors (Lipinski definition) is 2. The largest absolute Gasteiger partial charge is 0.492 e. The van der Waals surface area contributed by atoms with Gasteiger partial charge in [-0.05, 0) is 42.1 Å². The molecular weight excluding hydrogens is 290 g/mol. The highest BCUT2D eigenvalue weighted by Gasteiger charge is 2.08. The quantitative estimate of drug-likeness (QED) is 0.762. The van der Waals surface area contributed by atoms with Crippen molar-refractivity contribution in [2.45, 2.75) is 33.6 Å². The Morgan fingerprint density at radius 1 is 1.22 bits per heavy atom. The number of hydrogen-bond donors (Lipinski definition) is 1. The summed E-state index contributed by atoms with van der Waals surface area (Å²) in [6, 6.07) is 6.21. The molecule has 0 radical (unpaired) electrons. The molecule has 102 valence electrons. The second-order valence-electron chi connectivity index (χ2n) is 5.28. The lowest BCUT2D eigenvalue weighted by Crippen LogP contribution is -2.25. The Balaban J connectivity index is 2.46. The summed E-state index contributed by atoms with van der Waals surface area (Å²) >= 11 is 3.51. The van der Waals surface area contributed by atoms with Gasteiger partial charge in [-0.2, -0.15) is 0 Å². The zero-order valence-electron chi connectivity index (χ0n) is 11.8. The molecule has 0 heterocycles. The standard InChI is InChI=1S/C15H24BrNO/c1-11(2)10-17-7-8-18-15-6-5-13(16)9-14(15)12(3)4/h5-6,9,11-12,17H,7-8,10H2,1-4H3. The summed E-state index contributed by atoms with van der Waals surface area (Å²) < 4.78 is 6.96. The van der Waals surface area contributed by atoms with Gasteiger partial charge in [-0.3, -0.25) is 0 Å². The Labute approximate surface area is 119 Å². The minimum Gasteiger partial charge on any atom is -0.492 e. The molecule has 0 spiro atoms. The van der Waals surface area contributed by atoms with Crippen molar-refractivity contribution in [1.82, 2.24) is 5.32 Å². The highest BCUT2D eigenvalue weighted by Crippen LogP contribution is 2.29. The molecule has 0 aliphatic carbocycles. The molecule has 0 aromatic heterocycles. The maximum atomic E-state index is 5.85. The molecule has 0 unspecified atom stereocenters. The van der Waals surface area contributed by atoms with E-state index in [1.807, 2.05) is 12.1 Å². The first-order valence-electron chi connectivity index (χ1n) is 6.63. The molecule has 1 N–H and O–H groups in total. The number of benzene rings is 1. The van der Waals surface area contributed by atoms with Crippen LogP contribution in [0, 0.1) is 5.92 Å². The maximum Gasteiger partial charge on any atom is 0.122 e. The van der Waals surface area contributed by atoms with Crippen LogP contribution in [0.5, 0.6) is 5.75 Å². The van der Waals surface area contributed by atoms with Crippen molar-refractivity contribution in [2.24, 2.45) is 5.92 Å². The van der Waals surface area contributed by atoms with Gasteiger partial charge in [-0.15, -0.1) is 0 Å².